The monoisotopic (exact) mass is 542 g/mol. The Morgan fingerprint density at radius 2 is 1.82 bits per heavy atom. The first-order chi connectivity index (χ1) is 19.3. The van der Waals surface area contributed by atoms with Crippen LogP contribution in [0.2, 0.25) is 0 Å². The van der Waals surface area contributed by atoms with E-state index in [2.05, 4.69) is 37.6 Å². The third-order valence-electron chi connectivity index (χ3n) is 6.40. The van der Waals surface area contributed by atoms with Gasteiger partial charge in [-0.25, -0.2) is 9.31 Å². The molecular weight excluding hydrogens is 508 g/mol. The van der Waals surface area contributed by atoms with Gasteiger partial charge in [0.05, 0.1) is 37.7 Å². The third kappa shape index (κ3) is 7.40. The Labute approximate surface area is 233 Å². The van der Waals surface area contributed by atoms with E-state index in [0.29, 0.717) is 23.9 Å². The van der Waals surface area contributed by atoms with E-state index < -0.39 is 6.03 Å². The topological polar surface area (TPSA) is 106 Å². The molecule has 1 saturated heterocycles. The van der Waals surface area contributed by atoms with Crippen LogP contribution in [0.1, 0.15) is 44.1 Å². The van der Waals surface area contributed by atoms with Crippen LogP contribution in [0.4, 0.5) is 16.3 Å². The number of aromatic nitrogens is 3. The first kappa shape index (κ1) is 27.2. The maximum atomic E-state index is 12.3. The number of nitrogens with one attached hydrogen (secondary N) is 2. The van der Waals surface area contributed by atoms with Gasteiger partial charge in [-0.15, -0.1) is 0 Å². The van der Waals surface area contributed by atoms with Gasteiger partial charge in [-0.3, -0.25) is 10.2 Å². The Balaban J connectivity index is 1.12. The van der Waals surface area contributed by atoms with Crippen LogP contribution < -0.4 is 15.4 Å². The molecule has 0 bridgehead atoms. The van der Waals surface area contributed by atoms with Gasteiger partial charge in [0, 0.05) is 54.0 Å². The number of hydrogen-bond donors (Lipinski definition) is 2. The maximum absolute atomic E-state index is 12.3. The second-order valence-corrected chi connectivity index (χ2v) is 10.7. The molecule has 1 aliphatic heterocycles. The Kier molecular flexibility index (Phi) is 8.34. The molecule has 40 heavy (non-hydrogen) atoms. The van der Waals surface area contributed by atoms with Crippen molar-refractivity contribution >= 4 is 23.1 Å². The van der Waals surface area contributed by atoms with Crippen LogP contribution in [0.3, 0.4) is 0 Å². The number of nitrogens with zero attached hydrogens (tertiary/aromatic N) is 4. The fourth-order valence-electron chi connectivity index (χ4n) is 4.17. The molecule has 0 unspecified atom stereocenters. The molecule has 5 rings (SSSR count). The first-order valence-corrected chi connectivity index (χ1v) is 13.4. The van der Waals surface area contributed by atoms with Crippen LogP contribution in [0.25, 0.3) is 5.52 Å². The average Bonchev–Trinajstić information content (AvgIpc) is 3.58. The molecule has 0 radical (unpaired) electrons. The normalized spacial score (nSPS) is 14.0. The lowest BCUT2D eigenvalue weighted by Crippen LogP contribution is -2.37. The highest BCUT2D eigenvalue weighted by atomic mass is 16.5. The molecule has 10 heteroatoms. The van der Waals surface area contributed by atoms with E-state index in [-0.39, 0.29) is 5.41 Å². The second kappa shape index (κ2) is 12.2. The van der Waals surface area contributed by atoms with Gasteiger partial charge < -0.3 is 19.3 Å². The van der Waals surface area contributed by atoms with Crippen molar-refractivity contribution < 1.29 is 18.8 Å². The molecule has 1 aliphatic rings. The van der Waals surface area contributed by atoms with Crippen molar-refractivity contribution in [2.75, 3.05) is 50.1 Å². The summed E-state index contributed by atoms with van der Waals surface area (Å²) in [5.41, 5.74) is 2.98. The largest absolute Gasteiger partial charge is 0.492 e. The highest BCUT2D eigenvalue weighted by Crippen LogP contribution is 2.24. The van der Waals surface area contributed by atoms with E-state index in [1.54, 1.807) is 28.9 Å². The molecule has 0 saturated carbocycles. The number of anilines is 2. The fraction of sp³-hybridized carbons (Fsp3) is 0.367. The summed E-state index contributed by atoms with van der Waals surface area (Å²) >= 11 is 0. The third-order valence-corrected chi connectivity index (χ3v) is 6.40. The number of carbonyl (C=O) groups is 1. The van der Waals surface area contributed by atoms with Gasteiger partial charge in [0.1, 0.15) is 11.5 Å². The molecule has 1 aromatic carbocycles. The summed E-state index contributed by atoms with van der Waals surface area (Å²) in [6.45, 7) is 11.3. The Morgan fingerprint density at radius 1 is 1.05 bits per heavy atom. The van der Waals surface area contributed by atoms with Crippen LogP contribution in [-0.2, 0) is 10.2 Å². The highest BCUT2D eigenvalue weighted by Gasteiger charge is 2.20. The molecule has 2 N–H and O–H groups in total. The van der Waals surface area contributed by atoms with E-state index >= 15 is 0 Å². The van der Waals surface area contributed by atoms with Crippen molar-refractivity contribution in [1.29, 1.82) is 0 Å². The van der Waals surface area contributed by atoms with Crippen LogP contribution in [-0.4, -0.2) is 65.2 Å². The van der Waals surface area contributed by atoms with E-state index in [0.717, 1.165) is 61.7 Å². The number of carbonyl (C=O) groups excluding carboxylic acids is 1. The molecule has 208 valence electrons. The zero-order valence-corrected chi connectivity index (χ0v) is 23.1. The van der Waals surface area contributed by atoms with Crippen molar-refractivity contribution in [1.82, 2.24) is 19.7 Å². The van der Waals surface area contributed by atoms with Crippen molar-refractivity contribution in [2.45, 2.75) is 32.6 Å². The van der Waals surface area contributed by atoms with Crippen LogP contribution in [0.5, 0.6) is 5.75 Å². The number of morpholine rings is 1. The van der Waals surface area contributed by atoms with Gasteiger partial charge >= 0.3 is 6.03 Å². The number of hydrogen-bond acceptors (Lipinski definition) is 7. The standard InChI is InChI=1S/C30H34N6O4/c1-30(2,3)27-19-28(34-40-27)33-29(37)32-24-9-7-22(8-10-24)5-6-23-17-25-18-26(21-36(25)31-20-23)39-14-4-11-35-12-15-38-16-13-35/h7-10,17-21H,4,11-16H2,1-3H3,(H2,32,33,34,37). The SMILES string of the molecule is CC(C)(C)c1cc(NC(=O)Nc2ccc(C#Cc3cnn4cc(OCCCN5CCOCC5)cc4c3)cc2)no1. The minimum absolute atomic E-state index is 0.190. The molecule has 2 amide bonds. The summed E-state index contributed by atoms with van der Waals surface area (Å²) in [6.07, 6.45) is 4.59. The summed E-state index contributed by atoms with van der Waals surface area (Å²) in [4.78, 5) is 14.7. The smallest absolute Gasteiger partial charge is 0.324 e. The van der Waals surface area contributed by atoms with Gasteiger partial charge in [0.25, 0.3) is 0 Å². The molecule has 1 fully saturated rings. The molecular formula is C30H34N6O4. The van der Waals surface area contributed by atoms with Gasteiger partial charge in [0.15, 0.2) is 5.82 Å². The van der Waals surface area contributed by atoms with Crippen molar-refractivity contribution in [3.05, 3.63) is 71.7 Å². The molecule has 0 aliphatic carbocycles. The Bertz CT molecular complexity index is 1500. The van der Waals surface area contributed by atoms with E-state index in [4.69, 9.17) is 14.0 Å². The van der Waals surface area contributed by atoms with Crippen molar-refractivity contribution in [2.24, 2.45) is 0 Å². The predicted octanol–water partition coefficient (Wildman–Crippen LogP) is 4.76. The molecule has 3 aromatic heterocycles. The number of rotatable bonds is 7. The van der Waals surface area contributed by atoms with Crippen LogP contribution in [0.15, 0.2) is 59.4 Å². The van der Waals surface area contributed by atoms with E-state index in [9.17, 15) is 4.79 Å². The van der Waals surface area contributed by atoms with Crippen molar-refractivity contribution in [3.63, 3.8) is 0 Å². The quantitative estimate of drug-likeness (QED) is 0.256. The van der Waals surface area contributed by atoms with Gasteiger partial charge in [-0.2, -0.15) is 5.10 Å². The minimum atomic E-state index is -0.403. The van der Waals surface area contributed by atoms with Gasteiger partial charge in [-0.05, 0) is 36.8 Å². The molecule has 10 nitrogen and oxygen atoms in total. The molecule has 0 atom stereocenters. The average molecular weight is 543 g/mol. The number of urea groups is 1. The van der Waals surface area contributed by atoms with Crippen LogP contribution in [0, 0.1) is 11.8 Å². The van der Waals surface area contributed by atoms with Crippen LogP contribution >= 0.6 is 0 Å². The summed E-state index contributed by atoms with van der Waals surface area (Å²) in [5.74, 6) is 8.16. The Morgan fingerprint density at radius 3 is 2.58 bits per heavy atom. The summed E-state index contributed by atoms with van der Waals surface area (Å²) in [7, 11) is 0. The van der Waals surface area contributed by atoms with Gasteiger partial charge in [-0.1, -0.05) is 37.8 Å². The minimum Gasteiger partial charge on any atom is -0.492 e. The second-order valence-electron chi connectivity index (χ2n) is 10.7. The molecule has 0 spiro atoms. The zero-order valence-electron chi connectivity index (χ0n) is 23.1. The molecule has 4 aromatic rings. The maximum Gasteiger partial charge on any atom is 0.324 e. The van der Waals surface area contributed by atoms with E-state index in [1.165, 1.54) is 0 Å². The number of benzene rings is 1. The Hall–Kier alpha value is -4.33. The zero-order chi connectivity index (χ0) is 28.0. The van der Waals surface area contributed by atoms with Gasteiger partial charge in [0.2, 0.25) is 0 Å². The summed E-state index contributed by atoms with van der Waals surface area (Å²) < 4.78 is 18.4. The first-order valence-electron chi connectivity index (χ1n) is 13.4. The molecule has 4 heterocycles. The summed E-state index contributed by atoms with van der Waals surface area (Å²) in [5, 5.41) is 13.8. The lowest BCUT2D eigenvalue weighted by molar-refractivity contribution is 0.0358. The number of amides is 2. The lowest BCUT2D eigenvalue weighted by Gasteiger charge is -2.26. The predicted molar refractivity (Wildman–Crippen MR) is 153 cm³/mol. The lowest BCUT2D eigenvalue weighted by atomic mass is 9.93. The number of ether oxygens (including phenoxy) is 2. The number of fused-ring (bicyclic) bond motifs is 1. The summed E-state index contributed by atoms with van der Waals surface area (Å²) in [6, 6.07) is 12.6. The van der Waals surface area contributed by atoms with E-state index in [1.807, 2.05) is 51.2 Å². The fourth-order valence-corrected chi connectivity index (χ4v) is 4.17. The van der Waals surface area contributed by atoms with Crippen molar-refractivity contribution in [3.8, 4) is 17.6 Å². The highest BCUT2D eigenvalue weighted by molar-refractivity contribution is 5.99.